The van der Waals surface area contributed by atoms with E-state index >= 15 is 0 Å². The normalized spacial score (nSPS) is 25.5. The summed E-state index contributed by atoms with van der Waals surface area (Å²) in [5, 5.41) is 4.44. The molecule has 3 aliphatic heterocycles. The van der Waals surface area contributed by atoms with Crippen LogP contribution < -0.4 is 5.32 Å². The van der Waals surface area contributed by atoms with E-state index in [2.05, 4.69) is 37.1 Å². The van der Waals surface area contributed by atoms with Crippen LogP contribution in [0.3, 0.4) is 0 Å². The zero-order valence-electron chi connectivity index (χ0n) is 17.9. The molecule has 0 saturated carbocycles. The lowest BCUT2D eigenvalue weighted by Crippen LogP contribution is -2.48. The third kappa shape index (κ3) is 5.45. The lowest BCUT2D eigenvalue weighted by molar-refractivity contribution is 0.0167. The standard InChI is InChI=1S/C22H34ClN5O2/c1-24-22(28-7-6-20(17-28)26-8-12-29-13-9-26)25-16-21(27-10-14-30-15-11-27)18-2-4-19(23)5-3-18/h2-5,20-21H,6-17H2,1H3,(H,24,25). The molecule has 0 aromatic heterocycles. The Kier molecular flexibility index (Phi) is 7.84. The molecule has 2 atom stereocenters. The van der Waals surface area contributed by atoms with Gasteiger partial charge in [-0.3, -0.25) is 14.8 Å². The number of likely N-dealkylation sites (tertiary alicyclic amines) is 1. The van der Waals surface area contributed by atoms with Crippen molar-refractivity contribution in [3.63, 3.8) is 0 Å². The van der Waals surface area contributed by atoms with E-state index in [1.807, 2.05) is 19.2 Å². The van der Waals surface area contributed by atoms with E-state index in [-0.39, 0.29) is 6.04 Å². The average molecular weight is 436 g/mol. The molecule has 0 spiro atoms. The van der Waals surface area contributed by atoms with E-state index in [0.29, 0.717) is 6.04 Å². The Morgan fingerprint density at radius 2 is 1.73 bits per heavy atom. The van der Waals surface area contributed by atoms with Gasteiger partial charge < -0.3 is 19.7 Å². The zero-order valence-corrected chi connectivity index (χ0v) is 18.7. The molecule has 0 bridgehead atoms. The van der Waals surface area contributed by atoms with Crippen molar-refractivity contribution in [2.75, 3.05) is 79.3 Å². The summed E-state index contributed by atoms with van der Waals surface area (Å²) in [7, 11) is 1.89. The Morgan fingerprint density at radius 3 is 2.40 bits per heavy atom. The molecule has 3 fully saturated rings. The van der Waals surface area contributed by atoms with Gasteiger partial charge in [0, 0.05) is 63.9 Å². The number of benzene rings is 1. The van der Waals surface area contributed by atoms with Crippen molar-refractivity contribution < 1.29 is 9.47 Å². The highest BCUT2D eigenvalue weighted by Crippen LogP contribution is 2.23. The third-order valence-electron chi connectivity index (χ3n) is 6.43. The molecule has 3 saturated heterocycles. The molecule has 30 heavy (non-hydrogen) atoms. The molecule has 3 aliphatic rings. The number of aliphatic imine (C=N–C) groups is 1. The Morgan fingerprint density at radius 1 is 1.07 bits per heavy atom. The number of hydrogen-bond acceptors (Lipinski definition) is 5. The predicted molar refractivity (Wildman–Crippen MR) is 120 cm³/mol. The fourth-order valence-corrected chi connectivity index (χ4v) is 4.85. The van der Waals surface area contributed by atoms with Gasteiger partial charge in [0.15, 0.2) is 5.96 Å². The van der Waals surface area contributed by atoms with Gasteiger partial charge in [0.1, 0.15) is 0 Å². The SMILES string of the molecule is CN=C(NCC(c1ccc(Cl)cc1)N1CCOCC1)N1CCC(N2CCOCC2)C1. The number of halogens is 1. The van der Waals surface area contributed by atoms with Crippen molar-refractivity contribution in [2.45, 2.75) is 18.5 Å². The minimum atomic E-state index is 0.264. The van der Waals surface area contributed by atoms with Gasteiger partial charge in [-0.1, -0.05) is 23.7 Å². The minimum Gasteiger partial charge on any atom is -0.379 e. The van der Waals surface area contributed by atoms with Gasteiger partial charge in [0.25, 0.3) is 0 Å². The predicted octanol–water partition coefficient (Wildman–Crippen LogP) is 1.70. The van der Waals surface area contributed by atoms with E-state index < -0.39 is 0 Å². The number of morpholine rings is 2. The van der Waals surface area contributed by atoms with Crippen LogP contribution in [0.2, 0.25) is 5.02 Å². The molecular formula is C22H34ClN5O2. The highest BCUT2D eigenvalue weighted by atomic mass is 35.5. The maximum absolute atomic E-state index is 6.13. The van der Waals surface area contributed by atoms with Gasteiger partial charge >= 0.3 is 0 Å². The van der Waals surface area contributed by atoms with Crippen molar-refractivity contribution in [2.24, 2.45) is 4.99 Å². The van der Waals surface area contributed by atoms with E-state index in [1.165, 1.54) is 12.0 Å². The molecule has 3 heterocycles. The molecule has 2 unspecified atom stereocenters. The Balaban J connectivity index is 1.38. The van der Waals surface area contributed by atoms with Crippen LogP contribution in [0.25, 0.3) is 0 Å². The smallest absolute Gasteiger partial charge is 0.193 e. The van der Waals surface area contributed by atoms with Crippen LogP contribution in [-0.4, -0.2) is 106 Å². The molecule has 0 radical (unpaired) electrons. The number of rotatable bonds is 5. The van der Waals surface area contributed by atoms with E-state index in [9.17, 15) is 0 Å². The number of hydrogen-bond donors (Lipinski definition) is 1. The van der Waals surface area contributed by atoms with Gasteiger partial charge in [-0.25, -0.2) is 0 Å². The van der Waals surface area contributed by atoms with Gasteiger partial charge in [0.05, 0.1) is 32.5 Å². The number of guanidine groups is 1. The molecule has 4 rings (SSSR count). The van der Waals surface area contributed by atoms with Crippen LogP contribution in [0.1, 0.15) is 18.0 Å². The summed E-state index contributed by atoms with van der Waals surface area (Å²) in [6.45, 7) is 10.1. The first-order valence-corrected chi connectivity index (χ1v) is 11.5. The number of nitrogens with zero attached hydrogens (tertiary/aromatic N) is 4. The lowest BCUT2D eigenvalue weighted by Gasteiger charge is -2.36. The molecule has 1 N–H and O–H groups in total. The first-order valence-electron chi connectivity index (χ1n) is 11.1. The fraction of sp³-hybridized carbons (Fsp3) is 0.682. The van der Waals surface area contributed by atoms with Crippen LogP contribution in [0.4, 0.5) is 0 Å². The topological polar surface area (TPSA) is 52.6 Å². The van der Waals surface area contributed by atoms with Crippen LogP contribution in [0.15, 0.2) is 29.3 Å². The summed E-state index contributed by atoms with van der Waals surface area (Å²) in [6.07, 6.45) is 1.19. The molecule has 7 nitrogen and oxygen atoms in total. The van der Waals surface area contributed by atoms with Gasteiger partial charge in [-0.15, -0.1) is 0 Å². The highest BCUT2D eigenvalue weighted by molar-refractivity contribution is 6.30. The van der Waals surface area contributed by atoms with Gasteiger partial charge in [-0.2, -0.15) is 0 Å². The highest BCUT2D eigenvalue weighted by Gasteiger charge is 2.31. The molecule has 1 aromatic rings. The van der Waals surface area contributed by atoms with Gasteiger partial charge in [-0.05, 0) is 24.1 Å². The first kappa shape index (κ1) is 21.8. The summed E-state index contributed by atoms with van der Waals surface area (Å²) in [5.41, 5.74) is 1.27. The largest absolute Gasteiger partial charge is 0.379 e. The molecule has 166 valence electrons. The second-order valence-corrected chi connectivity index (χ2v) is 8.62. The van der Waals surface area contributed by atoms with E-state index in [1.54, 1.807) is 0 Å². The molecule has 1 aromatic carbocycles. The summed E-state index contributed by atoms with van der Waals surface area (Å²) in [5.74, 6) is 0.998. The van der Waals surface area contributed by atoms with Crippen molar-refractivity contribution in [3.05, 3.63) is 34.9 Å². The summed E-state index contributed by atoms with van der Waals surface area (Å²) >= 11 is 6.13. The van der Waals surface area contributed by atoms with Crippen LogP contribution >= 0.6 is 11.6 Å². The lowest BCUT2D eigenvalue weighted by atomic mass is 10.0. The van der Waals surface area contributed by atoms with Crippen LogP contribution in [-0.2, 0) is 9.47 Å². The zero-order chi connectivity index (χ0) is 20.8. The van der Waals surface area contributed by atoms with Crippen molar-refractivity contribution in [1.82, 2.24) is 20.0 Å². The number of nitrogens with one attached hydrogen (secondary N) is 1. The second kappa shape index (κ2) is 10.8. The van der Waals surface area contributed by atoms with Gasteiger partial charge in [0.2, 0.25) is 0 Å². The van der Waals surface area contributed by atoms with E-state index in [0.717, 1.165) is 83.2 Å². The monoisotopic (exact) mass is 435 g/mol. The van der Waals surface area contributed by atoms with Crippen LogP contribution in [0.5, 0.6) is 0 Å². The second-order valence-electron chi connectivity index (χ2n) is 8.18. The molecule has 0 amide bonds. The molecule has 0 aliphatic carbocycles. The maximum atomic E-state index is 6.13. The Bertz CT molecular complexity index is 689. The quantitative estimate of drug-likeness (QED) is 0.561. The first-order chi connectivity index (χ1) is 14.7. The minimum absolute atomic E-state index is 0.264. The van der Waals surface area contributed by atoms with Crippen LogP contribution in [0, 0.1) is 0 Å². The van der Waals surface area contributed by atoms with E-state index in [4.69, 9.17) is 21.1 Å². The average Bonchev–Trinajstić information content (AvgIpc) is 3.29. The summed E-state index contributed by atoms with van der Waals surface area (Å²) in [4.78, 5) is 12.1. The third-order valence-corrected chi connectivity index (χ3v) is 6.68. The maximum Gasteiger partial charge on any atom is 0.193 e. The van der Waals surface area contributed by atoms with Crippen molar-refractivity contribution in [3.8, 4) is 0 Å². The number of ether oxygens (including phenoxy) is 2. The fourth-order valence-electron chi connectivity index (χ4n) is 4.73. The van der Waals surface area contributed by atoms with Crippen molar-refractivity contribution in [1.29, 1.82) is 0 Å². The van der Waals surface area contributed by atoms with Crippen molar-refractivity contribution >= 4 is 17.6 Å². The Hall–Kier alpha value is -1.38. The molecule has 8 heteroatoms. The Labute approximate surface area is 185 Å². The molecular weight excluding hydrogens is 402 g/mol. The summed E-state index contributed by atoms with van der Waals surface area (Å²) < 4.78 is 11.1. The summed E-state index contributed by atoms with van der Waals surface area (Å²) in [6, 6.07) is 9.09.